The van der Waals surface area contributed by atoms with Crippen LogP contribution in [-0.4, -0.2) is 47.1 Å². The van der Waals surface area contributed by atoms with E-state index in [1.165, 1.54) is 18.9 Å². The lowest BCUT2D eigenvalue weighted by Gasteiger charge is -2.36. The Morgan fingerprint density at radius 1 is 1.42 bits per heavy atom. The minimum absolute atomic E-state index is 0.0294. The van der Waals surface area contributed by atoms with Crippen LogP contribution >= 0.6 is 0 Å². The molecule has 2 heterocycles. The first-order valence-electron chi connectivity index (χ1n) is 8.62. The predicted octanol–water partition coefficient (Wildman–Crippen LogP) is 2.04. The first-order valence-corrected chi connectivity index (χ1v) is 8.62. The third kappa shape index (κ3) is 4.27. The van der Waals surface area contributed by atoms with Crippen LogP contribution in [0.1, 0.15) is 43.2 Å². The number of ketones is 1. The highest BCUT2D eigenvalue weighted by Crippen LogP contribution is 2.38. The Morgan fingerprint density at radius 2 is 2.00 bits per heavy atom. The van der Waals surface area contributed by atoms with E-state index in [1.54, 1.807) is 12.1 Å². The molecule has 2 atom stereocenters. The average molecular weight is 356 g/mol. The molecule has 0 aliphatic carbocycles. The fourth-order valence-electron chi connectivity index (χ4n) is 4.07. The summed E-state index contributed by atoms with van der Waals surface area (Å²) in [5.41, 5.74) is 7.06. The zero-order chi connectivity index (χ0) is 19.3. The van der Waals surface area contributed by atoms with Gasteiger partial charge in [-0.2, -0.15) is 5.26 Å². The number of nitrogen functional groups attached to an aromatic ring is 1. The molecule has 4 N–H and O–H groups in total. The number of nitrogens with one attached hydrogen (secondary N) is 1. The molecular weight excluding hydrogens is 332 g/mol. The number of hydrogen-bond donors (Lipinski definition) is 3. The number of Topliss-reactive ketones (excluding diaryl/α,β-unsaturated/α-hetero) is 1. The third-order valence-corrected chi connectivity index (χ3v) is 5.40. The van der Waals surface area contributed by atoms with Crippen LogP contribution in [0.4, 0.5) is 5.69 Å². The molecule has 138 valence electrons. The highest BCUT2D eigenvalue weighted by Gasteiger charge is 2.39. The van der Waals surface area contributed by atoms with Gasteiger partial charge in [0.05, 0.1) is 11.6 Å². The van der Waals surface area contributed by atoms with Gasteiger partial charge in [-0.1, -0.05) is 0 Å². The van der Waals surface area contributed by atoms with Gasteiger partial charge in [-0.15, -0.1) is 0 Å². The van der Waals surface area contributed by atoms with E-state index in [0.29, 0.717) is 41.2 Å². The van der Waals surface area contributed by atoms with E-state index in [0.717, 1.165) is 12.8 Å². The summed E-state index contributed by atoms with van der Waals surface area (Å²) in [4.78, 5) is 23.3. The van der Waals surface area contributed by atoms with Crippen LogP contribution in [0.25, 0.3) is 0 Å². The van der Waals surface area contributed by atoms with E-state index < -0.39 is 0 Å². The number of carboxylic acid groups (broad SMARTS) is 1. The minimum atomic E-state index is -0.250. The van der Waals surface area contributed by atoms with Gasteiger partial charge in [0.25, 0.3) is 6.47 Å². The smallest absolute Gasteiger partial charge is 0.290 e. The van der Waals surface area contributed by atoms with Crippen molar-refractivity contribution < 1.29 is 14.7 Å². The first kappa shape index (κ1) is 19.6. The molecule has 2 unspecified atom stereocenters. The topological polar surface area (TPSA) is 131 Å². The van der Waals surface area contributed by atoms with Crippen LogP contribution in [-0.2, 0) is 9.59 Å². The number of nitriles is 1. The lowest BCUT2D eigenvalue weighted by atomic mass is 9.85. The number of carbonyl (C=O) groups excluding carboxylic acids is 1. The van der Waals surface area contributed by atoms with Gasteiger partial charge in [0.1, 0.15) is 5.71 Å². The van der Waals surface area contributed by atoms with Crippen molar-refractivity contribution in [3.05, 3.63) is 29.3 Å². The van der Waals surface area contributed by atoms with E-state index in [4.69, 9.17) is 26.3 Å². The van der Waals surface area contributed by atoms with Crippen LogP contribution in [0, 0.1) is 22.7 Å². The molecule has 2 bridgehead atoms. The molecule has 2 aliphatic rings. The van der Waals surface area contributed by atoms with Crippen molar-refractivity contribution in [1.29, 1.82) is 10.7 Å². The summed E-state index contributed by atoms with van der Waals surface area (Å²) in [6.45, 7) is -0.250. The quantitative estimate of drug-likeness (QED) is 0.430. The monoisotopic (exact) mass is 356 g/mol. The molecule has 1 aromatic carbocycles. The summed E-state index contributed by atoms with van der Waals surface area (Å²) >= 11 is 0. The lowest BCUT2D eigenvalue weighted by Crippen LogP contribution is -2.40. The summed E-state index contributed by atoms with van der Waals surface area (Å²) in [6.07, 6.45) is 4.99. The largest absolute Gasteiger partial charge is 0.483 e. The number of anilines is 1. The number of piperidine rings is 1. The van der Waals surface area contributed by atoms with Crippen molar-refractivity contribution in [1.82, 2.24) is 4.90 Å². The van der Waals surface area contributed by atoms with Crippen LogP contribution < -0.4 is 5.73 Å². The lowest BCUT2D eigenvalue weighted by molar-refractivity contribution is -0.123. The van der Waals surface area contributed by atoms with E-state index >= 15 is 0 Å². The van der Waals surface area contributed by atoms with Crippen molar-refractivity contribution in [2.24, 2.45) is 5.92 Å². The van der Waals surface area contributed by atoms with Crippen molar-refractivity contribution in [3.8, 4) is 6.07 Å². The Bertz CT molecular complexity index is 727. The second kappa shape index (κ2) is 8.59. The Hall–Kier alpha value is -2.72. The molecule has 0 aromatic heterocycles. The summed E-state index contributed by atoms with van der Waals surface area (Å²) in [5, 5.41) is 23.9. The normalized spacial score (nSPS) is 24.1. The molecule has 0 saturated carbocycles. The van der Waals surface area contributed by atoms with Gasteiger partial charge in [-0.3, -0.25) is 15.0 Å². The second-order valence-electron chi connectivity index (χ2n) is 6.91. The fourth-order valence-corrected chi connectivity index (χ4v) is 4.07. The van der Waals surface area contributed by atoms with Gasteiger partial charge in [0.15, 0.2) is 5.78 Å². The minimum Gasteiger partial charge on any atom is -0.483 e. The standard InChI is InChI=1S/C18H22N4O.CH2O2/c1-22-13-3-4-14(22)7-12(6-13)9-17(23)18(21)15-5-2-11(10-19)8-16(15)20;2-1-3/h2,5,8,12-14,21H,3-4,6-7,9,20H2,1H3;1H,(H,2,3). The van der Waals surface area contributed by atoms with Gasteiger partial charge >= 0.3 is 0 Å². The molecule has 3 rings (SSSR count). The first-order chi connectivity index (χ1) is 12.4. The summed E-state index contributed by atoms with van der Waals surface area (Å²) in [7, 11) is 2.18. The SMILES string of the molecule is CN1C2CCC1CC(CC(=O)C(=N)c1ccc(C#N)cc1N)C2.O=CO. The molecule has 0 amide bonds. The highest BCUT2D eigenvalue weighted by atomic mass is 16.3. The third-order valence-electron chi connectivity index (χ3n) is 5.40. The molecule has 7 nitrogen and oxygen atoms in total. The van der Waals surface area contributed by atoms with E-state index in [1.807, 2.05) is 6.07 Å². The maximum atomic E-state index is 12.5. The van der Waals surface area contributed by atoms with Crippen molar-refractivity contribution in [2.45, 2.75) is 44.2 Å². The zero-order valence-electron chi connectivity index (χ0n) is 14.8. The summed E-state index contributed by atoms with van der Waals surface area (Å²) in [6, 6.07) is 7.93. The number of fused-ring (bicyclic) bond motifs is 2. The molecule has 7 heteroatoms. The van der Waals surface area contributed by atoms with Gasteiger partial charge in [-0.25, -0.2) is 0 Å². The van der Waals surface area contributed by atoms with Crippen LogP contribution in [0.5, 0.6) is 0 Å². The summed E-state index contributed by atoms with van der Waals surface area (Å²) < 4.78 is 0. The van der Waals surface area contributed by atoms with Gasteiger partial charge in [0.2, 0.25) is 0 Å². The predicted molar refractivity (Wildman–Crippen MR) is 98.0 cm³/mol. The Labute approximate surface area is 152 Å². The summed E-state index contributed by atoms with van der Waals surface area (Å²) in [5.74, 6) is 0.228. The molecular formula is C19H24N4O3. The number of nitrogens with two attached hydrogens (primary N) is 1. The maximum Gasteiger partial charge on any atom is 0.290 e. The van der Waals surface area contributed by atoms with Gasteiger partial charge < -0.3 is 15.7 Å². The van der Waals surface area contributed by atoms with Crippen LogP contribution in [0.2, 0.25) is 0 Å². The van der Waals surface area contributed by atoms with E-state index in [-0.39, 0.29) is 18.0 Å². The Balaban J connectivity index is 0.000000758. The number of rotatable bonds is 4. The molecule has 1 aromatic rings. The molecule has 2 saturated heterocycles. The molecule has 2 aliphatic heterocycles. The molecule has 26 heavy (non-hydrogen) atoms. The zero-order valence-corrected chi connectivity index (χ0v) is 14.8. The van der Waals surface area contributed by atoms with Gasteiger partial charge in [0, 0.05) is 29.8 Å². The molecule has 0 spiro atoms. The van der Waals surface area contributed by atoms with E-state index in [9.17, 15) is 4.79 Å². The number of hydrogen-bond acceptors (Lipinski definition) is 6. The number of nitrogens with zero attached hydrogens (tertiary/aromatic N) is 2. The number of benzene rings is 1. The van der Waals surface area contributed by atoms with Gasteiger partial charge in [-0.05, 0) is 56.8 Å². The van der Waals surface area contributed by atoms with Crippen LogP contribution in [0.15, 0.2) is 18.2 Å². The Kier molecular flexibility index (Phi) is 6.47. The van der Waals surface area contributed by atoms with Crippen molar-refractivity contribution in [3.63, 3.8) is 0 Å². The average Bonchev–Trinajstić information content (AvgIpc) is 2.83. The van der Waals surface area contributed by atoms with Crippen LogP contribution in [0.3, 0.4) is 0 Å². The number of carbonyl (C=O) groups is 2. The molecule has 0 radical (unpaired) electrons. The Morgan fingerprint density at radius 3 is 2.50 bits per heavy atom. The fraction of sp³-hybridized carbons (Fsp3) is 0.474. The van der Waals surface area contributed by atoms with Crippen molar-refractivity contribution >= 4 is 23.7 Å². The molecule has 2 fully saturated rings. The second-order valence-corrected chi connectivity index (χ2v) is 6.91. The van der Waals surface area contributed by atoms with E-state index in [2.05, 4.69) is 11.9 Å². The maximum absolute atomic E-state index is 12.5. The van der Waals surface area contributed by atoms with Crippen molar-refractivity contribution in [2.75, 3.05) is 12.8 Å². The highest BCUT2D eigenvalue weighted by molar-refractivity contribution is 6.46.